The van der Waals surface area contributed by atoms with Crippen molar-refractivity contribution in [1.29, 1.82) is 0 Å². The number of aryl methyl sites for hydroxylation is 1. The molecule has 0 N–H and O–H groups in total. The van der Waals surface area contributed by atoms with Crippen molar-refractivity contribution >= 4 is 5.91 Å². The first-order chi connectivity index (χ1) is 11.0. The number of piperazine rings is 1. The van der Waals surface area contributed by atoms with Crippen molar-refractivity contribution in [3.63, 3.8) is 0 Å². The number of rotatable bonds is 2. The highest BCUT2D eigenvalue weighted by molar-refractivity contribution is 5.95. The van der Waals surface area contributed by atoms with Crippen LogP contribution in [-0.2, 0) is 7.05 Å². The van der Waals surface area contributed by atoms with Crippen LogP contribution in [0.5, 0.6) is 0 Å². The summed E-state index contributed by atoms with van der Waals surface area (Å²) in [7, 11) is 4.15. The van der Waals surface area contributed by atoms with Crippen LogP contribution in [0.15, 0.2) is 36.4 Å². The lowest BCUT2D eigenvalue weighted by Crippen LogP contribution is -2.49. The van der Waals surface area contributed by atoms with E-state index in [9.17, 15) is 4.79 Å². The Morgan fingerprint density at radius 1 is 1.09 bits per heavy atom. The fourth-order valence-electron chi connectivity index (χ4n) is 3.34. The minimum atomic E-state index is 0.153. The lowest BCUT2D eigenvalue weighted by Gasteiger charge is -2.39. The monoisotopic (exact) mass is 311 g/mol. The topological polar surface area (TPSA) is 28.5 Å². The highest BCUT2D eigenvalue weighted by atomic mass is 16.2. The van der Waals surface area contributed by atoms with Gasteiger partial charge < -0.3 is 9.47 Å². The second-order valence-corrected chi connectivity index (χ2v) is 6.50. The summed E-state index contributed by atoms with van der Waals surface area (Å²) in [6.45, 7) is 6.49. The van der Waals surface area contributed by atoms with Gasteiger partial charge in [-0.3, -0.25) is 9.69 Å². The summed E-state index contributed by atoms with van der Waals surface area (Å²) in [5.74, 6) is 0.153. The van der Waals surface area contributed by atoms with Gasteiger partial charge in [0, 0.05) is 38.1 Å². The van der Waals surface area contributed by atoms with Crippen LogP contribution in [0.1, 0.15) is 33.4 Å². The van der Waals surface area contributed by atoms with Crippen molar-refractivity contribution in [2.75, 3.05) is 26.7 Å². The first kappa shape index (κ1) is 15.8. The lowest BCUT2D eigenvalue weighted by atomic mass is 10.0. The predicted molar refractivity (Wildman–Crippen MR) is 92.6 cm³/mol. The molecule has 0 saturated carbocycles. The molecular formula is C19H25N3O. The van der Waals surface area contributed by atoms with Crippen molar-refractivity contribution < 1.29 is 4.79 Å². The van der Waals surface area contributed by atoms with Crippen molar-refractivity contribution in [2.45, 2.75) is 19.9 Å². The van der Waals surface area contributed by atoms with E-state index >= 15 is 0 Å². The van der Waals surface area contributed by atoms with Crippen molar-refractivity contribution in [1.82, 2.24) is 14.4 Å². The summed E-state index contributed by atoms with van der Waals surface area (Å²) in [4.78, 5) is 17.3. The number of aromatic nitrogens is 1. The van der Waals surface area contributed by atoms with Crippen LogP contribution >= 0.6 is 0 Å². The van der Waals surface area contributed by atoms with Gasteiger partial charge in [-0.05, 0) is 32.5 Å². The zero-order chi connectivity index (χ0) is 16.6. The number of benzene rings is 1. The summed E-state index contributed by atoms with van der Waals surface area (Å²) < 4.78 is 2.08. The number of carbonyl (C=O) groups excluding carboxylic acids is 1. The zero-order valence-electron chi connectivity index (χ0n) is 14.4. The number of nitrogens with zero attached hydrogens (tertiary/aromatic N) is 3. The van der Waals surface area contributed by atoms with Gasteiger partial charge in [-0.15, -0.1) is 0 Å². The SMILES string of the molecule is Cc1cc(C(=O)N2CCN(C)C(c3ccccc3)C2)c(C)n1C. The summed E-state index contributed by atoms with van der Waals surface area (Å²) >= 11 is 0. The molecule has 2 heterocycles. The molecule has 1 unspecified atom stereocenters. The molecule has 0 bridgehead atoms. The van der Waals surface area contributed by atoms with Crippen LogP contribution in [0.3, 0.4) is 0 Å². The van der Waals surface area contributed by atoms with Crippen LogP contribution < -0.4 is 0 Å². The summed E-state index contributed by atoms with van der Waals surface area (Å²) in [5, 5.41) is 0. The second kappa shape index (κ2) is 6.20. The van der Waals surface area contributed by atoms with Crippen LogP contribution in [0.4, 0.5) is 0 Å². The zero-order valence-corrected chi connectivity index (χ0v) is 14.4. The molecule has 0 aliphatic carbocycles. The third-order valence-corrected chi connectivity index (χ3v) is 5.13. The Hall–Kier alpha value is -2.07. The van der Waals surface area contributed by atoms with Crippen LogP contribution in [0.25, 0.3) is 0 Å². The van der Waals surface area contributed by atoms with E-state index in [1.54, 1.807) is 0 Å². The molecule has 1 amide bonds. The Kier molecular flexibility index (Phi) is 4.26. The largest absolute Gasteiger partial charge is 0.351 e. The van der Waals surface area contributed by atoms with Crippen LogP contribution in [0.2, 0.25) is 0 Å². The average Bonchev–Trinajstić information content (AvgIpc) is 2.83. The van der Waals surface area contributed by atoms with E-state index in [0.29, 0.717) is 0 Å². The van der Waals surface area contributed by atoms with Gasteiger partial charge in [0.1, 0.15) is 0 Å². The van der Waals surface area contributed by atoms with Gasteiger partial charge in [-0.25, -0.2) is 0 Å². The van der Waals surface area contributed by atoms with Crippen molar-refractivity contribution in [3.8, 4) is 0 Å². The molecule has 1 atom stereocenters. The molecule has 23 heavy (non-hydrogen) atoms. The van der Waals surface area contributed by atoms with E-state index in [1.165, 1.54) is 5.56 Å². The molecule has 4 nitrogen and oxygen atoms in total. The first-order valence-corrected chi connectivity index (χ1v) is 8.16. The maximum Gasteiger partial charge on any atom is 0.255 e. The van der Waals surface area contributed by atoms with E-state index in [4.69, 9.17) is 0 Å². The van der Waals surface area contributed by atoms with Crippen molar-refractivity contribution in [2.24, 2.45) is 7.05 Å². The Labute approximate surface area is 138 Å². The Morgan fingerprint density at radius 2 is 1.78 bits per heavy atom. The Balaban J connectivity index is 1.83. The Bertz CT molecular complexity index is 705. The van der Waals surface area contributed by atoms with Gasteiger partial charge in [-0.2, -0.15) is 0 Å². The third-order valence-electron chi connectivity index (χ3n) is 5.13. The van der Waals surface area contributed by atoms with Gasteiger partial charge in [-0.1, -0.05) is 30.3 Å². The standard InChI is InChI=1S/C19H25N3O/c1-14-12-17(15(2)21(14)4)19(23)22-11-10-20(3)18(13-22)16-8-6-5-7-9-16/h5-9,12,18H,10-11,13H2,1-4H3. The normalized spacial score (nSPS) is 19.1. The molecule has 4 heteroatoms. The predicted octanol–water partition coefficient (Wildman–Crippen LogP) is 2.77. The van der Waals surface area contributed by atoms with Crippen molar-refractivity contribution in [3.05, 3.63) is 58.9 Å². The fraction of sp³-hybridized carbons (Fsp3) is 0.421. The van der Waals surface area contributed by atoms with E-state index in [0.717, 1.165) is 36.6 Å². The number of carbonyl (C=O) groups is 1. The average molecular weight is 311 g/mol. The first-order valence-electron chi connectivity index (χ1n) is 8.16. The molecule has 1 aliphatic heterocycles. The summed E-state index contributed by atoms with van der Waals surface area (Å²) in [5.41, 5.74) is 4.28. The van der Waals surface area contributed by atoms with E-state index in [1.807, 2.05) is 37.9 Å². The van der Waals surface area contributed by atoms with Gasteiger partial charge >= 0.3 is 0 Å². The summed E-state index contributed by atoms with van der Waals surface area (Å²) in [6, 6.07) is 12.7. The third kappa shape index (κ3) is 2.91. The van der Waals surface area contributed by atoms with E-state index < -0.39 is 0 Å². The number of likely N-dealkylation sites (N-methyl/N-ethyl adjacent to an activating group) is 1. The molecular weight excluding hydrogens is 286 g/mol. The molecule has 1 aliphatic rings. The lowest BCUT2D eigenvalue weighted by molar-refractivity contribution is 0.0545. The van der Waals surface area contributed by atoms with Crippen LogP contribution in [-0.4, -0.2) is 47.0 Å². The van der Waals surface area contributed by atoms with Crippen LogP contribution in [0, 0.1) is 13.8 Å². The minimum Gasteiger partial charge on any atom is -0.351 e. The molecule has 1 aromatic heterocycles. The molecule has 0 radical (unpaired) electrons. The maximum atomic E-state index is 13.0. The highest BCUT2D eigenvalue weighted by Gasteiger charge is 2.30. The molecule has 2 aromatic rings. The van der Waals surface area contributed by atoms with Gasteiger partial charge in [0.05, 0.1) is 11.6 Å². The molecule has 1 saturated heterocycles. The quantitative estimate of drug-likeness (QED) is 0.853. The second-order valence-electron chi connectivity index (χ2n) is 6.50. The highest BCUT2D eigenvalue weighted by Crippen LogP contribution is 2.25. The van der Waals surface area contributed by atoms with E-state index in [2.05, 4.69) is 40.8 Å². The smallest absolute Gasteiger partial charge is 0.255 e. The molecule has 1 fully saturated rings. The maximum absolute atomic E-state index is 13.0. The fourth-order valence-corrected chi connectivity index (χ4v) is 3.34. The molecule has 3 rings (SSSR count). The van der Waals surface area contributed by atoms with Gasteiger partial charge in [0.25, 0.3) is 5.91 Å². The van der Waals surface area contributed by atoms with Gasteiger partial charge in [0.15, 0.2) is 0 Å². The molecule has 0 spiro atoms. The summed E-state index contributed by atoms with van der Waals surface area (Å²) in [6.07, 6.45) is 0. The molecule has 1 aromatic carbocycles. The number of hydrogen-bond donors (Lipinski definition) is 0. The molecule has 122 valence electrons. The number of amides is 1. The minimum absolute atomic E-state index is 0.153. The Morgan fingerprint density at radius 3 is 2.39 bits per heavy atom. The van der Waals surface area contributed by atoms with Gasteiger partial charge in [0.2, 0.25) is 0 Å². The number of hydrogen-bond acceptors (Lipinski definition) is 2. The van der Waals surface area contributed by atoms with E-state index in [-0.39, 0.29) is 11.9 Å².